The quantitative estimate of drug-likeness (QED) is 0.854. The first-order valence-corrected chi connectivity index (χ1v) is 8.82. The third-order valence-corrected chi connectivity index (χ3v) is 3.93. The number of amides is 2. The zero-order valence-electron chi connectivity index (χ0n) is 15.0. The highest BCUT2D eigenvalue weighted by Gasteiger charge is 2.21. The lowest BCUT2D eigenvalue weighted by atomic mass is 10.1. The maximum absolute atomic E-state index is 12.2. The van der Waals surface area contributed by atoms with Gasteiger partial charge in [0, 0.05) is 10.9 Å². The predicted octanol–water partition coefficient (Wildman–Crippen LogP) is 3.53. The molecule has 0 radical (unpaired) electrons. The molecule has 2 aromatic rings. The molecular weight excluding hydrogens is 352 g/mol. The lowest BCUT2D eigenvalue weighted by Gasteiger charge is -2.21. The van der Waals surface area contributed by atoms with E-state index < -0.39 is 23.6 Å². The largest absolute Gasteiger partial charge is 0.444 e. The average Bonchev–Trinajstić information content (AvgIpc) is 3.01. The molecule has 2 rings (SSSR count). The van der Waals surface area contributed by atoms with Gasteiger partial charge in [-0.1, -0.05) is 12.1 Å². The number of benzene rings is 1. The van der Waals surface area contributed by atoms with E-state index in [0.29, 0.717) is 16.4 Å². The highest BCUT2D eigenvalue weighted by molar-refractivity contribution is 7.14. The van der Waals surface area contributed by atoms with Crippen molar-refractivity contribution in [3.05, 3.63) is 35.2 Å². The van der Waals surface area contributed by atoms with Crippen molar-refractivity contribution in [2.45, 2.75) is 39.3 Å². The van der Waals surface area contributed by atoms with Gasteiger partial charge in [0.05, 0.1) is 17.3 Å². The van der Waals surface area contributed by atoms with E-state index in [1.165, 1.54) is 11.3 Å². The molecule has 0 aliphatic carbocycles. The SMILES string of the molecule is C[C@H](NC(=O)OC(C)(C)C)C(=O)Nc1nc(-c2ccc(C#N)cc2)cs1. The summed E-state index contributed by atoms with van der Waals surface area (Å²) in [5.74, 6) is -0.392. The van der Waals surface area contributed by atoms with Gasteiger partial charge < -0.3 is 15.4 Å². The number of rotatable bonds is 4. The molecule has 2 amide bonds. The molecule has 2 N–H and O–H groups in total. The Morgan fingerprint density at radius 1 is 1.27 bits per heavy atom. The second-order valence-electron chi connectivity index (χ2n) is 6.58. The Labute approximate surface area is 156 Å². The summed E-state index contributed by atoms with van der Waals surface area (Å²) in [4.78, 5) is 28.3. The molecule has 1 aromatic carbocycles. The Balaban J connectivity index is 1.96. The summed E-state index contributed by atoms with van der Waals surface area (Å²) in [6.07, 6.45) is -0.655. The van der Waals surface area contributed by atoms with E-state index in [2.05, 4.69) is 21.7 Å². The number of alkyl carbamates (subject to hydrolysis) is 1. The first kappa shape index (κ1) is 19.4. The molecule has 0 saturated heterocycles. The molecule has 1 atom stereocenters. The van der Waals surface area contributed by atoms with Crippen molar-refractivity contribution in [2.24, 2.45) is 0 Å². The number of thiazole rings is 1. The second-order valence-corrected chi connectivity index (χ2v) is 7.44. The molecule has 0 aliphatic heterocycles. The third-order valence-electron chi connectivity index (χ3n) is 3.17. The maximum atomic E-state index is 12.2. The van der Waals surface area contributed by atoms with Gasteiger partial charge in [-0.15, -0.1) is 11.3 Å². The molecule has 0 aliphatic rings. The van der Waals surface area contributed by atoms with E-state index in [4.69, 9.17) is 10.00 Å². The second kappa shape index (κ2) is 7.97. The lowest BCUT2D eigenvalue weighted by Crippen LogP contribution is -2.43. The van der Waals surface area contributed by atoms with Crippen molar-refractivity contribution in [1.29, 1.82) is 5.26 Å². The molecule has 0 saturated carbocycles. The molecule has 1 heterocycles. The molecule has 1 aromatic heterocycles. The van der Waals surface area contributed by atoms with E-state index >= 15 is 0 Å². The Morgan fingerprint density at radius 3 is 2.50 bits per heavy atom. The standard InChI is InChI=1S/C18H20N4O3S/c1-11(20-17(24)25-18(2,3)4)15(23)22-16-21-14(10-26-16)13-7-5-12(9-19)6-8-13/h5-8,10-11H,1-4H3,(H,20,24)(H,21,22,23)/t11-/m0/s1. The number of carbonyl (C=O) groups is 2. The number of nitrogens with one attached hydrogen (secondary N) is 2. The number of hydrogen-bond donors (Lipinski definition) is 2. The van der Waals surface area contributed by atoms with Gasteiger partial charge in [-0.05, 0) is 39.8 Å². The summed E-state index contributed by atoms with van der Waals surface area (Å²) < 4.78 is 5.12. The van der Waals surface area contributed by atoms with Gasteiger partial charge >= 0.3 is 6.09 Å². The fourth-order valence-electron chi connectivity index (χ4n) is 1.94. The normalized spacial score (nSPS) is 12.0. The molecule has 0 bridgehead atoms. The minimum Gasteiger partial charge on any atom is -0.444 e. The maximum Gasteiger partial charge on any atom is 0.408 e. The number of carbonyl (C=O) groups excluding carboxylic acids is 2. The summed E-state index contributed by atoms with van der Waals surface area (Å²) in [5.41, 5.74) is 1.48. The molecule has 0 spiro atoms. The molecule has 136 valence electrons. The van der Waals surface area contributed by atoms with E-state index in [-0.39, 0.29) is 0 Å². The van der Waals surface area contributed by atoms with Gasteiger partial charge in [-0.25, -0.2) is 9.78 Å². The number of anilines is 1. The fourth-order valence-corrected chi connectivity index (χ4v) is 2.67. The predicted molar refractivity (Wildman–Crippen MR) is 99.7 cm³/mol. The van der Waals surface area contributed by atoms with Crippen LogP contribution >= 0.6 is 11.3 Å². The highest BCUT2D eigenvalue weighted by atomic mass is 32.1. The minimum absolute atomic E-state index is 0.392. The van der Waals surface area contributed by atoms with Crippen molar-refractivity contribution in [3.63, 3.8) is 0 Å². The Kier molecular flexibility index (Phi) is 5.95. The summed E-state index contributed by atoms with van der Waals surface area (Å²) in [5, 5.41) is 16.2. The topological polar surface area (TPSA) is 104 Å². The van der Waals surface area contributed by atoms with Crippen molar-refractivity contribution in [1.82, 2.24) is 10.3 Å². The van der Waals surface area contributed by atoms with Crippen molar-refractivity contribution in [3.8, 4) is 17.3 Å². The van der Waals surface area contributed by atoms with Crippen LogP contribution in [-0.2, 0) is 9.53 Å². The summed E-state index contributed by atoms with van der Waals surface area (Å²) in [6, 6.07) is 8.30. The number of nitriles is 1. The van der Waals surface area contributed by atoms with E-state index in [1.807, 2.05) is 5.38 Å². The van der Waals surface area contributed by atoms with Gasteiger partial charge in [0.1, 0.15) is 11.6 Å². The third kappa shape index (κ3) is 5.57. The van der Waals surface area contributed by atoms with E-state index in [1.54, 1.807) is 52.0 Å². The van der Waals surface area contributed by atoms with Crippen LogP contribution in [-0.4, -0.2) is 28.6 Å². The van der Waals surface area contributed by atoms with Crippen LogP contribution in [0.4, 0.5) is 9.93 Å². The highest BCUT2D eigenvalue weighted by Crippen LogP contribution is 2.25. The van der Waals surface area contributed by atoms with Crippen LogP contribution in [0.1, 0.15) is 33.3 Å². The monoisotopic (exact) mass is 372 g/mol. The van der Waals surface area contributed by atoms with Crippen molar-refractivity contribution >= 4 is 28.5 Å². The summed E-state index contributed by atoms with van der Waals surface area (Å²) in [6.45, 7) is 6.81. The lowest BCUT2D eigenvalue weighted by molar-refractivity contribution is -0.117. The molecular formula is C18H20N4O3S. The van der Waals surface area contributed by atoms with Crippen molar-refractivity contribution < 1.29 is 14.3 Å². The van der Waals surface area contributed by atoms with Crippen LogP contribution in [0.25, 0.3) is 11.3 Å². The van der Waals surface area contributed by atoms with E-state index in [0.717, 1.165) is 5.56 Å². The smallest absolute Gasteiger partial charge is 0.408 e. The zero-order valence-corrected chi connectivity index (χ0v) is 15.8. The van der Waals surface area contributed by atoms with Gasteiger partial charge in [-0.2, -0.15) is 5.26 Å². The summed E-state index contributed by atoms with van der Waals surface area (Å²) >= 11 is 1.28. The van der Waals surface area contributed by atoms with Crippen LogP contribution < -0.4 is 10.6 Å². The summed E-state index contributed by atoms with van der Waals surface area (Å²) in [7, 11) is 0. The minimum atomic E-state index is -0.771. The first-order valence-electron chi connectivity index (χ1n) is 7.94. The zero-order chi connectivity index (χ0) is 19.3. The van der Waals surface area contributed by atoms with Crippen LogP contribution in [0.15, 0.2) is 29.6 Å². The first-order chi connectivity index (χ1) is 12.2. The van der Waals surface area contributed by atoms with Gasteiger partial charge in [0.2, 0.25) is 5.91 Å². The van der Waals surface area contributed by atoms with Gasteiger partial charge in [0.25, 0.3) is 0 Å². The van der Waals surface area contributed by atoms with Crippen LogP contribution in [0.2, 0.25) is 0 Å². The molecule has 0 unspecified atom stereocenters. The molecule has 8 heteroatoms. The number of hydrogen-bond acceptors (Lipinski definition) is 6. The molecule has 26 heavy (non-hydrogen) atoms. The Morgan fingerprint density at radius 2 is 1.92 bits per heavy atom. The number of ether oxygens (including phenoxy) is 1. The van der Waals surface area contributed by atoms with Crippen LogP contribution in [0.3, 0.4) is 0 Å². The molecule has 0 fully saturated rings. The molecule has 7 nitrogen and oxygen atoms in total. The number of aromatic nitrogens is 1. The number of nitrogens with zero attached hydrogens (tertiary/aromatic N) is 2. The van der Waals surface area contributed by atoms with Crippen LogP contribution in [0.5, 0.6) is 0 Å². The van der Waals surface area contributed by atoms with Gasteiger partial charge in [0.15, 0.2) is 5.13 Å². The van der Waals surface area contributed by atoms with Gasteiger partial charge in [-0.3, -0.25) is 4.79 Å². The average molecular weight is 372 g/mol. The fraction of sp³-hybridized carbons (Fsp3) is 0.333. The van der Waals surface area contributed by atoms with Crippen molar-refractivity contribution in [2.75, 3.05) is 5.32 Å². The Bertz CT molecular complexity index is 831. The van der Waals surface area contributed by atoms with Crippen LogP contribution in [0, 0.1) is 11.3 Å². The Hall–Kier alpha value is -2.92. The van der Waals surface area contributed by atoms with E-state index in [9.17, 15) is 9.59 Å².